The maximum atomic E-state index is 5.65. The van der Waals surface area contributed by atoms with Gasteiger partial charge >= 0.3 is 0 Å². The SMILES string of the molecule is Cc1ccc2nc(C)c(CN)n2c1. The van der Waals surface area contributed by atoms with Crippen LogP contribution in [0.15, 0.2) is 18.3 Å². The average molecular weight is 175 g/mol. The summed E-state index contributed by atoms with van der Waals surface area (Å²) in [6.45, 7) is 4.59. The summed E-state index contributed by atoms with van der Waals surface area (Å²) < 4.78 is 2.06. The molecule has 0 fully saturated rings. The summed E-state index contributed by atoms with van der Waals surface area (Å²) in [6.07, 6.45) is 2.07. The molecular formula is C10H13N3. The Labute approximate surface area is 77.2 Å². The number of imidazole rings is 1. The first-order valence-electron chi connectivity index (χ1n) is 4.36. The Bertz CT molecular complexity index is 443. The predicted octanol–water partition coefficient (Wildman–Crippen LogP) is 1.41. The number of pyridine rings is 1. The van der Waals surface area contributed by atoms with Gasteiger partial charge in [-0.2, -0.15) is 0 Å². The topological polar surface area (TPSA) is 43.3 Å². The lowest BCUT2D eigenvalue weighted by Gasteiger charge is -1.99. The minimum atomic E-state index is 0.538. The molecule has 13 heavy (non-hydrogen) atoms. The summed E-state index contributed by atoms with van der Waals surface area (Å²) >= 11 is 0. The molecule has 0 unspecified atom stereocenters. The molecule has 0 aliphatic heterocycles. The van der Waals surface area contributed by atoms with E-state index in [4.69, 9.17) is 5.73 Å². The third-order valence-electron chi connectivity index (χ3n) is 2.26. The molecule has 0 bridgehead atoms. The zero-order valence-electron chi connectivity index (χ0n) is 7.91. The fraction of sp³-hybridized carbons (Fsp3) is 0.300. The van der Waals surface area contributed by atoms with Crippen LogP contribution in [0.4, 0.5) is 0 Å². The zero-order valence-corrected chi connectivity index (χ0v) is 7.91. The number of fused-ring (bicyclic) bond motifs is 1. The molecule has 2 heterocycles. The van der Waals surface area contributed by atoms with Crippen LogP contribution in [0.3, 0.4) is 0 Å². The Balaban J connectivity index is 2.80. The Morgan fingerprint density at radius 1 is 1.38 bits per heavy atom. The molecule has 3 heteroatoms. The lowest BCUT2D eigenvalue weighted by Crippen LogP contribution is -2.02. The molecule has 0 saturated heterocycles. The van der Waals surface area contributed by atoms with Gasteiger partial charge < -0.3 is 10.1 Å². The molecule has 0 aliphatic rings. The van der Waals surface area contributed by atoms with E-state index in [9.17, 15) is 0 Å². The van der Waals surface area contributed by atoms with Gasteiger partial charge in [-0.1, -0.05) is 6.07 Å². The second-order valence-electron chi connectivity index (χ2n) is 3.28. The third kappa shape index (κ3) is 1.21. The number of aromatic nitrogens is 2. The lowest BCUT2D eigenvalue weighted by atomic mass is 10.3. The van der Waals surface area contributed by atoms with Crippen molar-refractivity contribution in [2.75, 3.05) is 0 Å². The van der Waals surface area contributed by atoms with Crippen molar-refractivity contribution in [2.45, 2.75) is 20.4 Å². The molecule has 2 N–H and O–H groups in total. The maximum Gasteiger partial charge on any atom is 0.137 e. The smallest absolute Gasteiger partial charge is 0.137 e. The lowest BCUT2D eigenvalue weighted by molar-refractivity contribution is 0.939. The van der Waals surface area contributed by atoms with Crippen molar-refractivity contribution in [2.24, 2.45) is 5.73 Å². The molecule has 0 radical (unpaired) electrons. The van der Waals surface area contributed by atoms with Crippen molar-refractivity contribution >= 4 is 5.65 Å². The number of nitrogens with zero attached hydrogens (tertiary/aromatic N) is 2. The standard InChI is InChI=1S/C10H13N3/c1-7-3-4-10-12-8(2)9(5-11)13(10)6-7/h3-4,6H,5,11H2,1-2H3. The molecule has 2 aromatic heterocycles. The molecule has 0 aromatic carbocycles. The quantitative estimate of drug-likeness (QED) is 0.712. The van der Waals surface area contributed by atoms with Crippen LogP contribution < -0.4 is 5.73 Å². The van der Waals surface area contributed by atoms with Gasteiger partial charge in [0.05, 0.1) is 11.4 Å². The highest BCUT2D eigenvalue weighted by Gasteiger charge is 2.05. The van der Waals surface area contributed by atoms with Crippen molar-refractivity contribution in [1.29, 1.82) is 0 Å². The molecule has 2 rings (SSSR count). The van der Waals surface area contributed by atoms with Crippen LogP contribution in [-0.4, -0.2) is 9.38 Å². The molecule has 0 aliphatic carbocycles. The third-order valence-corrected chi connectivity index (χ3v) is 2.26. The van der Waals surface area contributed by atoms with Crippen molar-refractivity contribution < 1.29 is 0 Å². The maximum absolute atomic E-state index is 5.65. The second kappa shape index (κ2) is 2.85. The van der Waals surface area contributed by atoms with E-state index in [1.165, 1.54) is 5.56 Å². The monoisotopic (exact) mass is 175 g/mol. The van der Waals surface area contributed by atoms with Gasteiger partial charge in [0, 0.05) is 12.7 Å². The fourth-order valence-electron chi connectivity index (χ4n) is 1.56. The van der Waals surface area contributed by atoms with Crippen LogP contribution in [0.1, 0.15) is 17.0 Å². The first kappa shape index (κ1) is 8.26. The summed E-state index contributed by atoms with van der Waals surface area (Å²) in [5, 5.41) is 0. The highest BCUT2D eigenvalue weighted by Crippen LogP contribution is 2.12. The summed E-state index contributed by atoms with van der Waals surface area (Å²) in [4.78, 5) is 4.41. The van der Waals surface area contributed by atoms with E-state index in [1.54, 1.807) is 0 Å². The second-order valence-corrected chi connectivity index (χ2v) is 3.28. The van der Waals surface area contributed by atoms with Gasteiger partial charge in [0.2, 0.25) is 0 Å². The Hall–Kier alpha value is -1.35. The predicted molar refractivity (Wildman–Crippen MR) is 52.6 cm³/mol. The first-order chi connectivity index (χ1) is 6.22. The van der Waals surface area contributed by atoms with Gasteiger partial charge in [0.1, 0.15) is 5.65 Å². The van der Waals surface area contributed by atoms with E-state index in [0.29, 0.717) is 6.54 Å². The van der Waals surface area contributed by atoms with Crippen molar-refractivity contribution in [3.05, 3.63) is 35.3 Å². The molecule has 68 valence electrons. The van der Waals surface area contributed by atoms with Crippen LogP contribution in [0.25, 0.3) is 5.65 Å². The van der Waals surface area contributed by atoms with E-state index in [0.717, 1.165) is 17.0 Å². The van der Waals surface area contributed by atoms with Crippen molar-refractivity contribution in [1.82, 2.24) is 9.38 Å². The van der Waals surface area contributed by atoms with Gasteiger partial charge in [-0.15, -0.1) is 0 Å². The van der Waals surface area contributed by atoms with Gasteiger partial charge in [-0.25, -0.2) is 4.98 Å². The Morgan fingerprint density at radius 2 is 2.15 bits per heavy atom. The van der Waals surface area contributed by atoms with Crippen molar-refractivity contribution in [3.8, 4) is 0 Å². The molecule has 2 aromatic rings. The van der Waals surface area contributed by atoms with E-state index in [-0.39, 0.29) is 0 Å². The minimum absolute atomic E-state index is 0.538. The summed E-state index contributed by atoms with van der Waals surface area (Å²) in [6, 6.07) is 4.07. The van der Waals surface area contributed by atoms with Gasteiger partial charge in [0.25, 0.3) is 0 Å². The highest BCUT2D eigenvalue weighted by molar-refractivity contribution is 5.44. The largest absolute Gasteiger partial charge is 0.325 e. The summed E-state index contributed by atoms with van der Waals surface area (Å²) in [7, 11) is 0. The minimum Gasteiger partial charge on any atom is -0.325 e. The van der Waals surface area contributed by atoms with Crippen LogP contribution in [0.5, 0.6) is 0 Å². The van der Waals surface area contributed by atoms with Gasteiger partial charge in [-0.05, 0) is 25.5 Å². The molecule has 3 nitrogen and oxygen atoms in total. The van der Waals surface area contributed by atoms with Crippen molar-refractivity contribution in [3.63, 3.8) is 0 Å². The van der Waals surface area contributed by atoms with Gasteiger partial charge in [-0.3, -0.25) is 0 Å². The van der Waals surface area contributed by atoms with Crippen LogP contribution in [0.2, 0.25) is 0 Å². The Kier molecular flexibility index (Phi) is 1.81. The molecule has 0 spiro atoms. The Morgan fingerprint density at radius 3 is 2.85 bits per heavy atom. The van der Waals surface area contributed by atoms with E-state index in [2.05, 4.69) is 28.6 Å². The first-order valence-corrected chi connectivity index (χ1v) is 4.36. The molecular weight excluding hydrogens is 162 g/mol. The van der Waals surface area contributed by atoms with E-state index in [1.807, 2.05) is 13.0 Å². The number of nitrogens with two attached hydrogens (primary N) is 1. The zero-order chi connectivity index (χ0) is 9.42. The molecule has 0 atom stereocenters. The number of hydrogen-bond acceptors (Lipinski definition) is 2. The van der Waals surface area contributed by atoms with Crippen LogP contribution in [-0.2, 0) is 6.54 Å². The summed E-state index contributed by atoms with van der Waals surface area (Å²) in [5.41, 5.74) is 9.97. The fourth-order valence-corrected chi connectivity index (χ4v) is 1.56. The summed E-state index contributed by atoms with van der Waals surface area (Å²) in [5.74, 6) is 0. The number of aryl methyl sites for hydroxylation is 2. The highest BCUT2D eigenvalue weighted by atomic mass is 15.0. The van der Waals surface area contributed by atoms with Crippen LogP contribution >= 0.6 is 0 Å². The number of rotatable bonds is 1. The van der Waals surface area contributed by atoms with Gasteiger partial charge in [0.15, 0.2) is 0 Å². The van der Waals surface area contributed by atoms with E-state index >= 15 is 0 Å². The number of hydrogen-bond donors (Lipinski definition) is 1. The van der Waals surface area contributed by atoms with E-state index < -0.39 is 0 Å². The normalized spacial score (nSPS) is 11.0. The average Bonchev–Trinajstić information content (AvgIpc) is 2.40. The molecule has 0 saturated carbocycles. The molecule has 0 amide bonds. The van der Waals surface area contributed by atoms with Crippen LogP contribution in [0, 0.1) is 13.8 Å².